The third-order valence-corrected chi connectivity index (χ3v) is 4.27. The molecule has 1 fully saturated rings. The fourth-order valence-electron chi connectivity index (χ4n) is 2.87. The second-order valence-corrected chi connectivity index (χ2v) is 5.93. The first-order valence-corrected chi connectivity index (χ1v) is 7.70. The number of hydrogen-bond donors (Lipinski definition) is 2. The molecule has 2 aromatic rings. The second kappa shape index (κ2) is 6.46. The van der Waals surface area contributed by atoms with Crippen LogP contribution < -0.4 is 5.32 Å². The largest absolute Gasteiger partial charge is 0.388 e. The van der Waals surface area contributed by atoms with Crippen LogP contribution in [-0.2, 0) is 16.0 Å². The maximum Gasteiger partial charge on any atom is 0.224 e. The van der Waals surface area contributed by atoms with E-state index in [1.165, 1.54) is 0 Å². The maximum absolute atomic E-state index is 12.2. The predicted molar refractivity (Wildman–Crippen MR) is 85.7 cm³/mol. The number of carbonyl (C=O) groups is 1. The fourth-order valence-corrected chi connectivity index (χ4v) is 2.87. The van der Waals surface area contributed by atoms with Gasteiger partial charge in [0.1, 0.15) is 0 Å². The first-order chi connectivity index (χ1) is 10.7. The molecule has 3 rings (SSSR count). The van der Waals surface area contributed by atoms with Gasteiger partial charge in [0.25, 0.3) is 0 Å². The highest BCUT2D eigenvalue weighted by atomic mass is 16.5. The van der Waals surface area contributed by atoms with Crippen LogP contribution >= 0.6 is 0 Å². The van der Waals surface area contributed by atoms with Gasteiger partial charge in [-0.05, 0) is 16.3 Å². The van der Waals surface area contributed by atoms with Gasteiger partial charge in [0.15, 0.2) is 0 Å². The van der Waals surface area contributed by atoms with Gasteiger partial charge in [-0.1, -0.05) is 42.5 Å². The van der Waals surface area contributed by atoms with Crippen molar-refractivity contribution >= 4 is 16.7 Å². The molecule has 2 N–H and O–H groups in total. The van der Waals surface area contributed by atoms with Gasteiger partial charge in [0.05, 0.1) is 12.0 Å². The summed E-state index contributed by atoms with van der Waals surface area (Å²) >= 11 is 0. The number of aliphatic hydroxyl groups is 1. The molecule has 22 heavy (non-hydrogen) atoms. The number of benzene rings is 2. The number of rotatable bonds is 4. The topological polar surface area (TPSA) is 58.6 Å². The van der Waals surface area contributed by atoms with Crippen molar-refractivity contribution in [1.82, 2.24) is 5.32 Å². The zero-order chi connectivity index (χ0) is 15.4. The lowest BCUT2D eigenvalue weighted by Crippen LogP contribution is -2.46. The zero-order valence-electron chi connectivity index (χ0n) is 12.5. The predicted octanol–water partition coefficient (Wildman–Crippen LogP) is 2.04. The third-order valence-electron chi connectivity index (χ3n) is 4.27. The van der Waals surface area contributed by atoms with Crippen molar-refractivity contribution in [3.05, 3.63) is 48.0 Å². The Morgan fingerprint density at radius 1 is 1.14 bits per heavy atom. The average molecular weight is 299 g/mol. The molecule has 0 unspecified atom stereocenters. The van der Waals surface area contributed by atoms with Gasteiger partial charge in [-0.15, -0.1) is 0 Å². The minimum absolute atomic E-state index is 0.0590. The van der Waals surface area contributed by atoms with Crippen LogP contribution in [0.5, 0.6) is 0 Å². The molecule has 1 aliphatic heterocycles. The van der Waals surface area contributed by atoms with Gasteiger partial charge in [-0.2, -0.15) is 0 Å². The molecule has 1 amide bonds. The molecule has 1 aliphatic rings. The van der Waals surface area contributed by atoms with E-state index in [4.69, 9.17) is 4.74 Å². The van der Waals surface area contributed by atoms with Crippen LogP contribution in [0.25, 0.3) is 10.8 Å². The summed E-state index contributed by atoms with van der Waals surface area (Å²) < 4.78 is 5.24. The van der Waals surface area contributed by atoms with E-state index in [1.807, 2.05) is 42.5 Å². The van der Waals surface area contributed by atoms with Crippen LogP contribution in [0, 0.1) is 0 Å². The summed E-state index contributed by atoms with van der Waals surface area (Å²) in [7, 11) is 0. The van der Waals surface area contributed by atoms with E-state index in [0.717, 1.165) is 16.3 Å². The zero-order valence-corrected chi connectivity index (χ0v) is 12.5. The minimum atomic E-state index is -0.827. The molecule has 4 heteroatoms. The van der Waals surface area contributed by atoms with E-state index in [9.17, 15) is 9.90 Å². The van der Waals surface area contributed by atoms with Gasteiger partial charge in [-0.25, -0.2) is 0 Å². The van der Waals surface area contributed by atoms with Crippen LogP contribution in [0.1, 0.15) is 18.4 Å². The normalized spacial score (nSPS) is 17.3. The number of nitrogens with one attached hydrogen (secondary N) is 1. The van der Waals surface area contributed by atoms with Gasteiger partial charge in [0.2, 0.25) is 5.91 Å². The Morgan fingerprint density at radius 2 is 1.86 bits per heavy atom. The summed E-state index contributed by atoms with van der Waals surface area (Å²) in [6.07, 6.45) is 1.47. The Labute approximate surface area is 130 Å². The van der Waals surface area contributed by atoms with E-state index in [2.05, 4.69) is 5.32 Å². The summed E-state index contributed by atoms with van der Waals surface area (Å²) in [5.74, 6) is -0.0590. The Hall–Kier alpha value is -1.91. The van der Waals surface area contributed by atoms with Gasteiger partial charge >= 0.3 is 0 Å². The summed E-state index contributed by atoms with van der Waals surface area (Å²) in [5, 5.41) is 15.5. The number of fused-ring (bicyclic) bond motifs is 1. The Bertz CT molecular complexity index is 657. The van der Waals surface area contributed by atoms with Gasteiger partial charge in [-0.3, -0.25) is 4.79 Å². The second-order valence-electron chi connectivity index (χ2n) is 5.93. The quantitative estimate of drug-likeness (QED) is 0.908. The van der Waals surface area contributed by atoms with E-state index < -0.39 is 5.60 Å². The molecular weight excluding hydrogens is 278 g/mol. The number of hydrogen-bond acceptors (Lipinski definition) is 3. The van der Waals surface area contributed by atoms with Crippen molar-refractivity contribution in [2.24, 2.45) is 0 Å². The average Bonchev–Trinajstić information content (AvgIpc) is 2.54. The lowest BCUT2D eigenvalue weighted by atomic mass is 9.94. The van der Waals surface area contributed by atoms with Crippen molar-refractivity contribution in [3.8, 4) is 0 Å². The highest BCUT2D eigenvalue weighted by molar-refractivity contribution is 5.90. The Morgan fingerprint density at radius 3 is 2.68 bits per heavy atom. The SMILES string of the molecule is O=C(Cc1cccc2ccccc12)NCC1(O)CCOCC1. The van der Waals surface area contributed by atoms with Crippen LogP contribution in [-0.4, -0.2) is 36.4 Å². The van der Waals surface area contributed by atoms with E-state index in [-0.39, 0.29) is 5.91 Å². The number of ether oxygens (including phenoxy) is 1. The summed E-state index contributed by atoms with van der Waals surface area (Å²) in [6, 6.07) is 14.0. The van der Waals surface area contributed by atoms with Crippen molar-refractivity contribution in [2.75, 3.05) is 19.8 Å². The van der Waals surface area contributed by atoms with Gasteiger partial charge < -0.3 is 15.2 Å². The summed E-state index contributed by atoms with van der Waals surface area (Å²) in [4.78, 5) is 12.2. The van der Waals surface area contributed by atoms with Crippen LogP contribution in [0.3, 0.4) is 0 Å². The molecular formula is C18H21NO3. The first kappa shape index (κ1) is 15.0. The van der Waals surface area contributed by atoms with Crippen molar-refractivity contribution in [1.29, 1.82) is 0 Å². The van der Waals surface area contributed by atoms with Crippen molar-refractivity contribution in [2.45, 2.75) is 24.9 Å². The molecule has 116 valence electrons. The Balaban J connectivity index is 1.63. The first-order valence-electron chi connectivity index (χ1n) is 7.70. The monoisotopic (exact) mass is 299 g/mol. The highest BCUT2D eigenvalue weighted by Crippen LogP contribution is 2.20. The number of amides is 1. The number of carbonyl (C=O) groups excluding carboxylic acids is 1. The van der Waals surface area contributed by atoms with Crippen molar-refractivity contribution in [3.63, 3.8) is 0 Å². The fraction of sp³-hybridized carbons (Fsp3) is 0.389. The van der Waals surface area contributed by atoms with Crippen LogP contribution in [0.4, 0.5) is 0 Å². The molecule has 0 radical (unpaired) electrons. The lowest BCUT2D eigenvalue weighted by Gasteiger charge is -2.32. The molecule has 2 aromatic carbocycles. The van der Waals surface area contributed by atoms with E-state index in [1.54, 1.807) is 0 Å². The van der Waals surface area contributed by atoms with E-state index >= 15 is 0 Å². The molecule has 0 aromatic heterocycles. The lowest BCUT2D eigenvalue weighted by molar-refractivity contribution is -0.123. The highest BCUT2D eigenvalue weighted by Gasteiger charge is 2.30. The van der Waals surface area contributed by atoms with Crippen LogP contribution in [0.2, 0.25) is 0 Å². The molecule has 0 aliphatic carbocycles. The maximum atomic E-state index is 12.2. The molecule has 4 nitrogen and oxygen atoms in total. The molecule has 1 saturated heterocycles. The smallest absolute Gasteiger partial charge is 0.224 e. The molecule has 0 spiro atoms. The standard InChI is InChI=1S/C18H21NO3/c20-17(19-13-18(21)8-10-22-11-9-18)12-15-6-3-5-14-4-1-2-7-16(14)15/h1-7,21H,8-13H2,(H,19,20). The third kappa shape index (κ3) is 3.46. The van der Waals surface area contributed by atoms with Crippen LogP contribution in [0.15, 0.2) is 42.5 Å². The molecule has 1 heterocycles. The summed E-state index contributed by atoms with van der Waals surface area (Å²) in [6.45, 7) is 1.39. The van der Waals surface area contributed by atoms with Gasteiger partial charge in [0, 0.05) is 32.6 Å². The molecule has 0 atom stereocenters. The molecule has 0 bridgehead atoms. The molecule has 0 saturated carbocycles. The van der Waals surface area contributed by atoms with Crippen molar-refractivity contribution < 1.29 is 14.6 Å². The summed E-state index contributed by atoms with van der Waals surface area (Å²) in [5.41, 5.74) is 0.182. The Kier molecular flexibility index (Phi) is 4.41. The minimum Gasteiger partial charge on any atom is -0.388 e. The van der Waals surface area contributed by atoms with E-state index in [0.29, 0.717) is 39.0 Å².